The van der Waals surface area contributed by atoms with Crippen molar-refractivity contribution in [1.82, 2.24) is 10.2 Å². The molecule has 1 N–H and O–H groups in total. The number of thioether (sulfide) groups is 1. The van der Waals surface area contributed by atoms with Crippen LogP contribution in [-0.4, -0.2) is 62.1 Å². The van der Waals surface area contributed by atoms with E-state index in [1.54, 1.807) is 18.7 Å². The molecule has 1 atom stereocenters. The van der Waals surface area contributed by atoms with Gasteiger partial charge in [0.05, 0.1) is 0 Å². The lowest BCUT2D eigenvalue weighted by atomic mass is 10.3. The lowest BCUT2D eigenvalue weighted by Crippen LogP contribution is -2.48. The van der Waals surface area contributed by atoms with Gasteiger partial charge in [-0.2, -0.15) is 11.8 Å². The standard InChI is InChI=1S/C13H28N2O2S2/c1-3-7-14-8-5-6-9-15-10-11-18-12-13(15)19(16,17)4-2/h13-14H,3-12H2,1-2H3. The Morgan fingerprint density at radius 1 is 1.26 bits per heavy atom. The van der Waals surface area contributed by atoms with Crippen LogP contribution in [0.1, 0.15) is 33.1 Å². The summed E-state index contributed by atoms with van der Waals surface area (Å²) in [4.78, 5) is 2.18. The molecular weight excluding hydrogens is 280 g/mol. The van der Waals surface area contributed by atoms with E-state index in [0.29, 0.717) is 0 Å². The Kier molecular flexibility index (Phi) is 8.37. The molecule has 0 aromatic carbocycles. The summed E-state index contributed by atoms with van der Waals surface area (Å²) in [6, 6.07) is 0. The molecule has 1 unspecified atom stereocenters. The predicted octanol–water partition coefficient (Wildman–Crippen LogP) is 1.58. The van der Waals surface area contributed by atoms with Gasteiger partial charge in [-0.25, -0.2) is 8.42 Å². The molecule has 1 aliphatic heterocycles. The van der Waals surface area contributed by atoms with Crippen molar-refractivity contribution in [2.45, 2.75) is 38.5 Å². The van der Waals surface area contributed by atoms with Crippen LogP contribution in [0, 0.1) is 0 Å². The van der Waals surface area contributed by atoms with E-state index in [1.165, 1.54) is 6.42 Å². The normalized spacial score (nSPS) is 21.7. The largest absolute Gasteiger partial charge is 0.317 e. The summed E-state index contributed by atoms with van der Waals surface area (Å²) >= 11 is 1.77. The second-order valence-corrected chi connectivity index (χ2v) is 8.57. The highest BCUT2D eigenvalue weighted by Gasteiger charge is 2.32. The van der Waals surface area contributed by atoms with E-state index in [0.717, 1.165) is 50.5 Å². The molecule has 114 valence electrons. The molecule has 19 heavy (non-hydrogen) atoms. The van der Waals surface area contributed by atoms with Crippen molar-refractivity contribution in [1.29, 1.82) is 0 Å². The molecule has 1 rings (SSSR count). The summed E-state index contributed by atoms with van der Waals surface area (Å²) in [5.41, 5.74) is 0. The lowest BCUT2D eigenvalue weighted by molar-refractivity contribution is 0.264. The van der Waals surface area contributed by atoms with Crippen LogP contribution in [0.25, 0.3) is 0 Å². The first-order chi connectivity index (χ1) is 9.11. The van der Waals surface area contributed by atoms with E-state index >= 15 is 0 Å². The number of rotatable bonds is 9. The summed E-state index contributed by atoms with van der Waals surface area (Å²) in [5, 5.41) is 3.13. The molecule has 0 spiro atoms. The van der Waals surface area contributed by atoms with Crippen molar-refractivity contribution in [3.63, 3.8) is 0 Å². The van der Waals surface area contributed by atoms with Crippen LogP contribution in [0.15, 0.2) is 0 Å². The molecule has 0 radical (unpaired) electrons. The highest BCUT2D eigenvalue weighted by atomic mass is 32.2. The average Bonchev–Trinajstić information content (AvgIpc) is 2.43. The third-order valence-corrected chi connectivity index (χ3v) is 6.82. The van der Waals surface area contributed by atoms with Gasteiger partial charge in [-0.3, -0.25) is 4.90 Å². The van der Waals surface area contributed by atoms with Crippen LogP contribution >= 0.6 is 11.8 Å². The van der Waals surface area contributed by atoms with Gasteiger partial charge < -0.3 is 5.32 Å². The fourth-order valence-electron chi connectivity index (χ4n) is 2.26. The molecule has 4 nitrogen and oxygen atoms in total. The van der Waals surface area contributed by atoms with Gasteiger partial charge in [-0.05, 0) is 38.9 Å². The Hall–Kier alpha value is 0.220. The molecule has 0 aromatic rings. The van der Waals surface area contributed by atoms with E-state index < -0.39 is 9.84 Å². The van der Waals surface area contributed by atoms with Gasteiger partial charge in [0.15, 0.2) is 9.84 Å². The number of nitrogens with one attached hydrogen (secondary N) is 1. The highest BCUT2D eigenvalue weighted by Crippen LogP contribution is 2.21. The maximum Gasteiger partial charge on any atom is 0.166 e. The zero-order chi connectivity index (χ0) is 14.1. The van der Waals surface area contributed by atoms with E-state index in [4.69, 9.17) is 0 Å². The minimum atomic E-state index is -2.93. The fourth-order valence-corrected chi connectivity index (χ4v) is 5.37. The second-order valence-electron chi connectivity index (χ2n) is 4.97. The van der Waals surface area contributed by atoms with E-state index in [9.17, 15) is 8.42 Å². The van der Waals surface area contributed by atoms with Gasteiger partial charge in [-0.15, -0.1) is 0 Å². The Bertz CT molecular complexity index is 334. The molecule has 6 heteroatoms. The zero-order valence-corrected chi connectivity index (χ0v) is 13.9. The molecule has 0 aromatic heterocycles. The Labute approximate surface area is 122 Å². The first kappa shape index (κ1) is 17.3. The smallest absolute Gasteiger partial charge is 0.166 e. The molecule has 0 bridgehead atoms. The monoisotopic (exact) mass is 308 g/mol. The van der Waals surface area contributed by atoms with Crippen molar-refractivity contribution in [3.05, 3.63) is 0 Å². The topological polar surface area (TPSA) is 49.4 Å². The van der Waals surface area contributed by atoms with Crippen LogP contribution < -0.4 is 5.32 Å². The summed E-state index contributed by atoms with van der Waals surface area (Å²) in [5.74, 6) is 2.06. The van der Waals surface area contributed by atoms with E-state index in [1.807, 2.05) is 0 Å². The van der Waals surface area contributed by atoms with Gasteiger partial charge in [0.2, 0.25) is 0 Å². The van der Waals surface area contributed by atoms with Crippen molar-refractivity contribution in [2.24, 2.45) is 0 Å². The van der Waals surface area contributed by atoms with E-state index in [-0.39, 0.29) is 11.1 Å². The van der Waals surface area contributed by atoms with Crippen LogP contribution in [0.2, 0.25) is 0 Å². The Balaban J connectivity index is 2.33. The Morgan fingerprint density at radius 3 is 2.74 bits per heavy atom. The minimum absolute atomic E-state index is 0.250. The second kappa shape index (κ2) is 9.21. The molecule has 1 aliphatic rings. The maximum absolute atomic E-state index is 12.1. The summed E-state index contributed by atoms with van der Waals surface area (Å²) < 4.78 is 24.1. The molecule has 1 heterocycles. The number of nitrogens with zero attached hydrogens (tertiary/aromatic N) is 1. The number of unbranched alkanes of at least 4 members (excludes halogenated alkanes) is 1. The van der Waals surface area contributed by atoms with Gasteiger partial charge in [0, 0.05) is 23.8 Å². The summed E-state index contributed by atoms with van der Waals surface area (Å²) in [6.07, 6.45) is 3.37. The lowest BCUT2D eigenvalue weighted by Gasteiger charge is -2.34. The molecule has 1 fully saturated rings. The van der Waals surface area contributed by atoms with Gasteiger partial charge in [-0.1, -0.05) is 13.8 Å². The highest BCUT2D eigenvalue weighted by molar-refractivity contribution is 8.01. The zero-order valence-electron chi connectivity index (χ0n) is 12.2. The number of hydrogen-bond acceptors (Lipinski definition) is 5. The van der Waals surface area contributed by atoms with Crippen LogP contribution in [-0.2, 0) is 9.84 Å². The van der Waals surface area contributed by atoms with Gasteiger partial charge in [0.1, 0.15) is 5.37 Å². The molecule has 0 amide bonds. The molecular formula is C13H28N2O2S2. The Morgan fingerprint density at radius 2 is 2.05 bits per heavy atom. The average molecular weight is 309 g/mol. The van der Waals surface area contributed by atoms with Gasteiger partial charge in [0.25, 0.3) is 0 Å². The third-order valence-electron chi connectivity index (χ3n) is 3.48. The van der Waals surface area contributed by atoms with Crippen LogP contribution in [0.3, 0.4) is 0 Å². The van der Waals surface area contributed by atoms with Crippen molar-refractivity contribution in [2.75, 3.05) is 43.4 Å². The number of hydrogen-bond donors (Lipinski definition) is 1. The predicted molar refractivity (Wildman–Crippen MR) is 84.5 cm³/mol. The number of sulfone groups is 1. The first-order valence-electron chi connectivity index (χ1n) is 7.36. The summed E-state index contributed by atoms with van der Waals surface area (Å²) in [7, 11) is -2.93. The SMILES string of the molecule is CCCNCCCCN1CCSCC1S(=O)(=O)CC. The molecule has 1 saturated heterocycles. The quantitative estimate of drug-likeness (QED) is 0.655. The minimum Gasteiger partial charge on any atom is -0.317 e. The van der Waals surface area contributed by atoms with E-state index in [2.05, 4.69) is 17.1 Å². The maximum atomic E-state index is 12.1. The first-order valence-corrected chi connectivity index (χ1v) is 10.2. The van der Waals surface area contributed by atoms with Crippen LogP contribution in [0.4, 0.5) is 0 Å². The van der Waals surface area contributed by atoms with Crippen LogP contribution in [0.5, 0.6) is 0 Å². The molecule has 0 aliphatic carbocycles. The third kappa shape index (κ3) is 6.02. The van der Waals surface area contributed by atoms with Gasteiger partial charge >= 0.3 is 0 Å². The summed E-state index contributed by atoms with van der Waals surface area (Å²) in [6.45, 7) is 7.87. The van der Waals surface area contributed by atoms with Crippen molar-refractivity contribution < 1.29 is 8.42 Å². The molecule has 0 saturated carbocycles. The fraction of sp³-hybridized carbons (Fsp3) is 1.00. The van der Waals surface area contributed by atoms with Crippen molar-refractivity contribution >= 4 is 21.6 Å². The van der Waals surface area contributed by atoms with Crippen molar-refractivity contribution in [3.8, 4) is 0 Å².